The van der Waals surface area contributed by atoms with Gasteiger partial charge in [-0.05, 0) is 45.2 Å². The molecule has 102 valence electrons. The van der Waals surface area contributed by atoms with Crippen molar-refractivity contribution in [3.63, 3.8) is 0 Å². The Morgan fingerprint density at radius 3 is 2.76 bits per heavy atom. The van der Waals surface area contributed by atoms with Crippen molar-refractivity contribution in [3.05, 3.63) is 0 Å². The minimum Gasteiger partial charge on any atom is -0.393 e. The number of aliphatic hydroxyl groups excluding tert-OH is 1. The first-order valence-corrected chi connectivity index (χ1v) is 7.85. The van der Waals surface area contributed by atoms with Gasteiger partial charge < -0.3 is 10.4 Å². The van der Waals surface area contributed by atoms with Crippen LogP contribution in [0.5, 0.6) is 0 Å². The van der Waals surface area contributed by atoms with Crippen LogP contribution in [-0.2, 0) is 10.0 Å². The van der Waals surface area contributed by atoms with E-state index < -0.39 is 16.1 Å². The smallest absolute Gasteiger partial charge is 0.214 e. The average molecular weight is 264 g/mol. The number of piperidine rings is 1. The first-order valence-electron chi connectivity index (χ1n) is 6.24. The number of aliphatic hydroxyl groups is 1. The average Bonchev–Trinajstić information content (AvgIpc) is 2.26. The molecule has 1 aliphatic heterocycles. The van der Waals surface area contributed by atoms with E-state index in [4.69, 9.17) is 5.11 Å². The third-order valence-corrected chi connectivity index (χ3v) is 5.21. The topological polar surface area (TPSA) is 69.6 Å². The maximum Gasteiger partial charge on any atom is 0.214 e. The van der Waals surface area contributed by atoms with Crippen LogP contribution in [0, 0.1) is 5.92 Å². The van der Waals surface area contributed by atoms with E-state index in [1.54, 1.807) is 14.0 Å². The molecule has 0 aromatic carbocycles. The Hall–Kier alpha value is -0.170. The monoisotopic (exact) mass is 264 g/mol. The van der Waals surface area contributed by atoms with Crippen LogP contribution in [0.15, 0.2) is 0 Å². The van der Waals surface area contributed by atoms with Gasteiger partial charge >= 0.3 is 0 Å². The number of sulfonamides is 1. The Morgan fingerprint density at radius 1 is 1.53 bits per heavy atom. The molecular formula is C11H24N2O3S. The van der Waals surface area contributed by atoms with E-state index in [-0.39, 0.29) is 11.7 Å². The fraction of sp³-hybridized carbons (Fsp3) is 1.00. The third kappa shape index (κ3) is 5.33. The predicted octanol–water partition coefficient (Wildman–Crippen LogP) is 0.0185. The first-order chi connectivity index (χ1) is 7.92. The van der Waals surface area contributed by atoms with Crippen molar-refractivity contribution in [2.45, 2.75) is 32.3 Å². The van der Waals surface area contributed by atoms with Crippen LogP contribution in [0.1, 0.15) is 26.2 Å². The van der Waals surface area contributed by atoms with Gasteiger partial charge in [0.05, 0.1) is 11.9 Å². The summed E-state index contributed by atoms with van der Waals surface area (Å²) >= 11 is 0. The molecule has 1 saturated heterocycles. The molecule has 5 nitrogen and oxygen atoms in total. The van der Waals surface area contributed by atoms with Crippen molar-refractivity contribution >= 4 is 10.0 Å². The Balaban J connectivity index is 2.43. The van der Waals surface area contributed by atoms with E-state index in [9.17, 15) is 8.42 Å². The van der Waals surface area contributed by atoms with E-state index in [2.05, 4.69) is 5.32 Å². The molecule has 0 radical (unpaired) electrons. The number of hydrogen-bond acceptors (Lipinski definition) is 4. The fourth-order valence-electron chi connectivity index (χ4n) is 2.00. The van der Waals surface area contributed by atoms with E-state index in [0.29, 0.717) is 13.0 Å². The molecule has 2 N–H and O–H groups in total. The second-order valence-corrected chi connectivity index (χ2v) is 7.07. The van der Waals surface area contributed by atoms with Crippen LogP contribution in [0.4, 0.5) is 0 Å². The summed E-state index contributed by atoms with van der Waals surface area (Å²) in [5.74, 6) is 0.443. The Morgan fingerprint density at radius 2 is 2.24 bits per heavy atom. The van der Waals surface area contributed by atoms with Crippen molar-refractivity contribution < 1.29 is 13.5 Å². The van der Waals surface area contributed by atoms with Crippen LogP contribution in [-0.4, -0.2) is 56.4 Å². The number of rotatable bonds is 6. The zero-order valence-electron chi connectivity index (χ0n) is 10.7. The highest BCUT2D eigenvalue weighted by atomic mass is 32.2. The highest BCUT2D eigenvalue weighted by molar-refractivity contribution is 7.89. The Bertz CT molecular complexity index is 311. The van der Waals surface area contributed by atoms with E-state index in [0.717, 1.165) is 25.9 Å². The third-order valence-electron chi connectivity index (χ3n) is 3.18. The maximum atomic E-state index is 12.0. The molecule has 0 amide bonds. The molecule has 2 unspecified atom stereocenters. The SMILES string of the molecule is CC(O)CCN(C)S(=O)(=O)CC1CCCNC1. The summed E-state index contributed by atoms with van der Waals surface area (Å²) in [6.45, 7) is 3.85. The molecule has 2 atom stereocenters. The molecule has 6 heteroatoms. The van der Waals surface area contributed by atoms with Gasteiger partial charge in [0, 0.05) is 13.6 Å². The summed E-state index contributed by atoms with van der Waals surface area (Å²) in [5.41, 5.74) is 0. The van der Waals surface area contributed by atoms with Gasteiger partial charge in [-0.3, -0.25) is 0 Å². The molecule has 0 saturated carbocycles. The highest BCUT2D eigenvalue weighted by Gasteiger charge is 2.24. The largest absolute Gasteiger partial charge is 0.393 e. The van der Waals surface area contributed by atoms with Crippen LogP contribution >= 0.6 is 0 Å². The first kappa shape index (κ1) is 14.9. The zero-order chi connectivity index (χ0) is 12.9. The molecular weight excluding hydrogens is 240 g/mol. The van der Waals surface area contributed by atoms with Crippen LogP contribution < -0.4 is 5.32 Å². The van der Waals surface area contributed by atoms with Crippen molar-refractivity contribution in [1.82, 2.24) is 9.62 Å². The van der Waals surface area contributed by atoms with Crippen LogP contribution in [0.25, 0.3) is 0 Å². The quantitative estimate of drug-likeness (QED) is 0.709. The van der Waals surface area contributed by atoms with Crippen LogP contribution in [0.3, 0.4) is 0 Å². The van der Waals surface area contributed by atoms with Gasteiger partial charge in [0.1, 0.15) is 0 Å². The van der Waals surface area contributed by atoms with Crippen molar-refractivity contribution in [2.24, 2.45) is 5.92 Å². The van der Waals surface area contributed by atoms with E-state index in [1.165, 1.54) is 4.31 Å². The lowest BCUT2D eigenvalue weighted by atomic mass is 10.0. The van der Waals surface area contributed by atoms with Crippen molar-refractivity contribution in [2.75, 3.05) is 32.4 Å². The van der Waals surface area contributed by atoms with E-state index >= 15 is 0 Å². The summed E-state index contributed by atoms with van der Waals surface area (Å²) in [7, 11) is -1.58. The summed E-state index contributed by atoms with van der Waals surface area (Å²) in [4.78, 5) is 0. The Labute approximate surface area is 104 Å². The lowest BCUT2D eigenvalue weighted by Crippen LogP contribution is -2.39. The van der Waals surface area contributed by atoms with Gasteiger partial charge in [-0.1, -0.05) is 0 Å². The summed E-state index contributed by atoms with van der Waals surface area (Å²) in [6.07, 6.45) is 2.07. The molecule has 0 aromatic heterocycles. The zero-order valence-corrected chi connectivity index (χ0v) is 11.5. The van der Waals surface area contributed by atoms with E-state index in [1.807, 2.05) is 0 Å². The summed E-state index contributed by atoms with van der Waals surface area (Å²) in [5, 5.41) is 12.4. The van der Waals surface area contributed by atoms with Gasteiger partial charge in [-0.25, -0.2) is 12.7 Å². The minimum absolute atomic E-state index is 0.219. The standard InChI is InChI=1S/C11H24N2O3S/c1-10(14)5-7-13(2)17(15,16)9-11-4-3-6-12-8-11/h10-12,14H,3-9H2,1-2H3. The minimum atomic E-state index is -3.17. The molecule has 1 heterocycles. The number of nitrogens with one attached hydrogen (secondary N) is 1. The Kier molecular flexibility index (Phi) is 5.85. The predicted molar refractivity (Wildman–Crippen MR) is 68.3 cm³/mol. The fourth-order valence-corrected chi connectivity index (χ4v) is 3.52. The molecule has 0 aliphatic carbocycles. The van der Waals surface area contributed by atoms with Gasteiger partial charge in [-0.2, -0.15) is 0 Å². The summed E-state index contributed by atoms with van der Waals surface area (Å²) in [6, 6.07) is 0. The van der Waals surface area contributed by atoms with Gasteiger partial charge in [0.25, 0.3) is 0 Å². The molecule has 0 bridgehead atoms. The number of hydrogen-bond donors (Lipinski definition) is 2. The maximum absolute atomic E-state index is 12.0. The van der Waals surface area contributed by atoms with Crippen molar-refractivity contribution in [3.8, 4) is 0 Å². The lowest BCUT2D eigenvalue weighted by Gasteiger charge is -2.25. The molecule has 0 aromatic rings. The molecule has 0 spiro atoms. The molecule has 17 heavy (non-hydrogen) atoms. The van der Waals surface area contributed by atoms with Gasteiger partial charge in [0.15, 0.2) is 0 Å². The van der Waals surface area contributed by atoms with Crippen molar-refractivity contribution in [1.29, 1.82) is 0 Å². The van der Waals surface area contributed by atoms with Crippen LogP contribution in [0.2, 0.25) is 0 Å². The second kappa shape index (κ2) is 6.68. The van der Waals surface area contributed by atoms with Gasteiger partial charge in [-0.15, -0.1) is 0 Å². The normalized spacial score (nSPS) is 23.9. The second-order valence-electron chi connectivity index (χ2n) is 4.95. The van der Waals surface area contributed by atoms with Gasteiger partial charge in [0.2, 0.25) is 10.0 Å². The molecule has 1 rings (SSSR count). The highest BCUT2D eigenvalue weighted by Crippen LogP contribution is 2.14. The molecule has 1 fully saturated rings. The lowest BCUT2D eigenvalue weighted by molar-refractivity contribution is 0.177. The number of nitrogens with zero attached hydrogens (tertiary/aromatic N) is 1. The molecule has 1 aliphatic rings. The summed E-state index contributed by atoms with van der Waals surface area (Å²) < 4.78 is 25.4.